The molecule has 0 saturated carbocycles. The molecule has 0 aliphatic carbocycles. The number of nitrogens with zero attached hydrogens (tertiary/aromatic N) is 1. The maximum absolute atomic E-state index is 13.8. The van der Waals surface area contributed by atoms with Gasteiger partial charge in [0.1, 0.15) is 5.82 Å². The van der Waals surface area contributed by atoms with Crippen LogP contribution in [0, 0.1) is 11.7 Å². The molecule has 2 nitrogen and oxygen atoms in total. The van der Waals surface area contributed by atoms with Gasteiger partial charge in [0, 0.05) is 6.04 Å². The number of halogens is 2. The fourth-order valence-corrected chi connectivity index (χ4v) is 3.41. The van der Waals surface area contributed by atoms with E-state index in [0.29, 0.717) is 16.4 Å². The molecule has 1 aliphatic heterocycles. The first-order chi connectivity index (χ1) is 9.63. The number of hydrogen-bond acceptors (Lipinski definition) is 2. The van der Waals surface area contributed by atoms with E-state index in [2.05, 4.69) is 40.1 Å². The summed E-state index contributed by atoms with van der Waals surface area (Å²) < 4.78 is 14.4. The predicted molar refractivity (Wildman–Crippen MR) is 85.4 cm³/mol. The van der Waals surface area contributed by atoms with Crippen molar-refractivity contribution in [1.82, 2.24) is 10.2 Å². The van der Waals surface area contributed by atoms with Crippen LogP contribution in [-0.4, -0.2) is 31.6 Å². The Morgan fingerprint density at radius 1 is 1.45 bits per heavy atom. The van der Waals surface area contributed by atoms with E-state index in [1.54, 1.807) is 6.07 Å². The van der Waals surface area contributed by atoms with E-state index in [1.165, 1.54) is 12.8 Å². The molecule has 2 atom stereocenters. The molecule has 112 valence electrons. The van der Waals surface area contributed by atoms with Crippen molar-refractivity contribution in [3.63, 3.8) is 0 Å². The van der Waals surface area contributed by atoms with Gasteiger partial charge >= 0.3 is 0 Å². The number of hydrogen-bond donors (Lipinski definition) is 1. The summed E-state index contributed by atoms with van der Waals surface area (Å²) in [6.07, 6.45) is 3.59. The monoisotopic (exact) mass is 342 g/mol. The second-order valence-electron chi connectivity index (χ2n) is 5.71. The van der Waals surface area contributed by atoms with Crippen molar-refractivity contribution in [1.29, 1.82) is 0 Å². The highest BCUT2D eigenvalue weighted by Crippen LogP contribution is 2.35. The fraction of sp³-hybridized carbons (Fsp3) is 0.625. The lowest BCUT2D eigenvalue weighted by atomic mass is 9.85. The molecule has 2 unspecified atom stereocenters. The van der Waals surface area contributed by atoms with Gasteiger partial charge in [0.2, 0.25) is 0 Å². The van der Waals surface area contributed by atoms with Gasteiger partial charge < -0.3 is 5.32 Å². The van der Waals surface area contributed by atoms with Crippen LogP contribution in [0.15, 0.2) is 22.7 Å². The zero-order valence-electron chi connectivity index (χ0n) is 12.3. The van der Waals surface area contributed by atoms with E-state index < -0.39 is 0 Å². The Balaban J connectivity index is 2.15. The molecule has 0 aromatic heterocycles. The first-order valence-electron chi connectivity index (χ1n) is 7.49. The van der Waals surface area contributed by atoms with Crippen LogP contribution in [0.5, 0.6) is 0 Å². The number of likely N-dealkylation sites (tertiary alicyclic amines) is 1. The Labute approximate surface area is 129 Å². The van der Waals surface area contributed by atoms with Gasteiger partial charge in [-0.25, -0.2) is 4.39 Å². The standard InChI is InChI=1S/C16H24BrFN2/c1-3-8-19-11-13-5-4-9-20(2)16(13)12-6-7-14(17)15(18)10-12/h6-7,10,13,16,19H,3-5,8-9,11H2,1-2H3. The maximum atomic E-state index is 13.8. The predicted octanol–water partition coefficient (Wildman–Crippen LogP) is 3.97. The smallest absolute Gasteiger partial charge is 0.137 e. The molecule has 1 fully saturated rings. The van der Waals surface area contributed by atoms with Crippen LogP contribution in [-0.2, 0) is 0 Å². The second-order valence-corrected chi connectivity index (χ2v) is 6.56. The summed E-state index contributed by atoms with van der Waals surface area (Å²) in [5, 5.41) is 3.52. The Bertz CT molecular complexity index is 438. The molecule has 0 radical (unpaired) electrons. The van der Waals surface area contributed by atoms with Crippen LogP contribution < -0.4 is 5.32 Å². The molecule has 4 heteroatoms. The molecule has 20 heavy (non-hydrogen) atoms. The van der Waals surface area contributed by atoms with Gasteiger partial charge in [-0.05, 0) is 85.5 Å². The van der Waals surface area contributed by atoms with E-state index in [4.69, 9.17) is 0 Å². The largest absolute Gasteiger partial charge is 0.316 e. The Morgan fingerprint density at radius 2 is 2.25 bits per heavy atom. The topological polar surface area (TPSA) is 15.3 Å². The highest BCUT2D eigenvalue weighted by atomic mass is 79.9. The van der Waals surface area contributed by atoms with E-state index in [1.807, 2.05) is 12.1 Å². The minimum atomic E-state index is -0.165. The first kappa shape index (κ1) is 15.9. The average molecular weight is 343 g/mol. The summed E-state index contributed by atoms with van der Waals surface area (Å²) in [5.74, 6) is 0.391. The van der Waals surface area contributed by atoms with Crippen molar-refractivity contribution < 1.29 is 4.39 Å². The third-order valence-electron chi connectivity index (χ3n) is 4.13. The van der Waals surface area contributed by atoms with Crippen LogP contribution in [0.4, 0.5) is 4.39 Å². The van der Waals surface area contributed by atoms with Gasteiger partial charge in [0.15, 0.2) is 0 Å². The maximum Gasteiger partial charge on any atom is 0.137 e. The summed E-state index contributed by atoms with van der Waals surface area (Å²) in [6.45, 7) is 5.34. The lowest BCUT2D eigenvalue weighted by Crippen LogP contribution is -2.40. The highest BCUT2D eigenvalue weighted by molar-refractivity contribution is 9.10. The summed E-state index contributed by atoms with van der Waals surface area (Å²) in [6, 6.07) is 5.87. The van der Waals surface area contributed by atoms with Crippen LogP contribution in [0.1, 0.15) is 37.8 Å². The Kier molecular flexibility index (Phi) is 6.00. The van der Waals surface area contributed by atoms with Crippen LogP contribution in [0.2, 0.25) is 0 Å². The third-order valence-corrected chi connectivity index (χ3v) is 4.77. The normalized spacial score (nSPS) is 24.0. The molecule has 0 spiro atoms. The summed E-state index contributed by atoms with van der Waals surface area (Å²) in [5.41, 5.74) is 1.09. The molecule has 0 amide bonds. The number of benzene rings is 1. The quantitative estimate of drug-likeness (QED) is 0.814. The van der Waals surface area contributed by atoms with Crippen LogP contribution in [0.3, 0.4) is 0 Å². The van der Waals surface area contributed by atoms with Crippen molar-refractivity contribution in [2.24, 2.45) is 5.92 Å². The van der Waals surface area contributed by atoms with Gasteiger partial charge in [-0.2, -0.15) is 0 Å². The first-order valence-corrected chi connectivity index (χ1v) is 8.28. The van der Waals surface area contributed by atoms with Crippen LogP contribution >= 0.6 is 15.9 Å². The van der Waals surface area contributed by atoms with Crippen molar-refractivity contribution >= 4 is 15.9 Å². The summed E-state index contributed by atoms with van der Waals surface area (Å²) >= 11 is 3.23. The van der Waals surface area contributed by atoms with Gasteiger partial charge in [-0.15, -0.1) is 0 Å². The van der Waals surface area contributed by atoms with E-state index in [9.17, 15) is 4.39 Å². The molecule has 0 bridgehead atoms. The zero-order chi connectivity index (χ0) is 14.5. The van der Waals surface area contributed by atoms with Gasteiger partial charge in [0.05, 0.1) is 4.47 Å². The van der Waals surface area contributed by atoms with E-state index in [-0.39, 0.29) is 5.82 Å². The zero-order valence-corrected chi connectivity index (χ0v) is 13.9. The van der Waals surface area contributed by atoms with Crippen molar-refractivity contribution in [3.05, 3.63) is 34.1 Å². The summed E-state index contributed by atoms with van der Waals surface area (Å²) in [4.78, 5) is 2.37. The molecule has 1 N–H and O–H groups in total. The molecule has 1 heterocycles. The Hall–Kier alpha value is -0.450. The molecule has 1 aliphatic rings. The number of rotatable bonds is 5. The highest BCUT2D eigenvalue weighted by Gasteiger charge is 2.30. The van der Waals surface area contributed by atoms with Gasteiger partial charge in [-0.3, -0.25) is 4.90 Å². The molecular formula is C16H24BrFN2. The van der Waals surface area contributed by atoms with Crippen LogP contribution in [0.25, 0.3) is 0 Å². The van der Waals surface area contributed by atoms with Crippen molar-refractivity contribution in [2.75, 3.05) is 26.7 Å². The molecule has 1 aromatic rings. The minimum absolute atomic E-state index is 0.165. The van der Waals surface area contributed by atoms with E-state index in [0.717, 1.165) is 31.6 Å². The number of piperidine rings is 1. The van der Waals surface area contributed by atoms with Gasteiger partial charge in [0.25, 0.3) is 0 Å². The summed E-state index contributed by atoms with van der Waals surface area (Å²) in [7, 11) is 2.15. The average Bonchev–Trinajstić information content (AvgIpc) is 2.43. The molecule has 1 saturated heterocycles. The third kappa shape index (κ3) is 3.80. The Morgan fingerprint density at radius 3 is 2.95 bits per heavy atom. The molecule has 1 aromatic carbocycles. The minimum Gasteiger partial charge on any atom is -0.316 e. The number of nitrogens with one attached hydrogen (secondary N) is 1. The lowest BCUT2D eigenvalue weighted by molar-refractivity contribution is 0.119. The van der Waals surface area contributed by atoms with Gasteiger partial charge in [-0.1, -0.05) is 13.0 Å². The van der Waals surface area contributed by atoms with Crippen molar-refractivity contribution in [2.45, 2.75) is 32.2 Å². The SMILES string of the molecule is CCCNCC1CCCN(C)C1c1ccc(Br)c(F)c1. The lowest BCUT2D eigenvalue weighted by Gasteiger charge is -2.40. The van der Waals surface area contributed by atoms with E-state index >= 15 is 0 Å². The second kappa shape index (κ2) is 7.53. The molecule has 2 rings (SSSR count). The van der Waals surface area contributed by atoms with Crippen molar-refractivity contribution in [3.8, 4) is 0 Å². The fourth-order valence-electron chi connectivity index (χ4n) is 3.16. The molecular weight excluding hydrogens is 319 g/mol.